The maximum absolute atomic E-state index is 13.1. The van der Waals surface area contributed by atoms with Crippen LogP contribution in [0.1, 0.15) is 11.1 Å². The van der Waals surface area contributed by atoms with Gasteiger partial charge in [0.15, 0.2) is 0 Å². The summed E-state index contributed by atoms with van der Waals surface area (Å²) in [6, 6.07) is 17.5. The van der Waals surface area contributed by atoms with Crippen LogP contribution in [-0.4, -0.2) is 55.1 Å². The molecule has 0 amide bonds. The zero-order valence-electron chi connectivity index (χ0n) is 14.8. The van der Waals surface area contributed by atoms with Gasteiger partial charge in [0, 0.05) is 57.5 Å². The largest absolute Gasteiger partial charge is 0.369 e. The molecule has 2 heterocycles. The summed E-state index contributed by atoms with van der Waals surface area (Å²) >= 11 is 0. The summed E-state index contributed by atoms with van der Waals surface area (Å²) in [4.78, 5) is 7.37. The number of piperazine rings is 1. The molecule has 0 N–H and O–H groups in total. The van der Waals surface area contributed by atoms with Crippen molar-refractivity contribution in [2.45, 2.75) is 12.6 Å². The normalized spacial score (nSPS) is 19.2. The van der Waals surface area contributed by atoms with Gasteiger partial charge in [-0.05, 0) is 42.0 Å². The number of hydrogen-bond donors (Lipinski definition) is 0. The van der Waals surface area contributed by atoms with Crippen LogP contribution in [0.25, 0.3) is 0 Å². The first kappa shape index (κ1) is 17.0. The summed E-state index contributed by atoms with van der Waals surface area (Å²) in [6.07, 6.45) is 0. The van der Waals surface area contributed by atoms with Crippen molar-refractivity contribution >= 4 is 5.69 Å². The van der Waals surface area contributed by atoms with E-state index in [1.807, 2.05) is 36.4 Å². The first-order valence-electron chi connectivity index (χ1n) is 9.17. The lowest BCUT2D eigenvalue weighted by Crippen LogP contribution is -2.62. The van der Waals surface area contributed by atoms with Crippen molar-refractivity contribution in [3.63, 3.8) is 0 Å². The second kappa shape index (κ2) is 7.45. The number of benzene rings is 2. The molecule has 0 aromatic heterocycles. The summed E-state index contributed by atoms with van der Waals surface area (Å²) in [5, 5.41) is 8.86. The third-order valence-electron chi connectivity index (χ3n) is 5.45. The number of hydrogen-bond acceptors (Lipinski definition) is 4. The van der Waals surface area contributed by atoms with Gasteiger partial charge < -0.3 is 4.90 Å². The van der Waals surface area contributed by atoms with Crippen molar-refractivity contribution in [1.29, 1.82) is 5.26 Å². The molecular formula is C21H23FN4. The van der Waals surface area contributed by atoms with E-state index in [1.165, 1.54) is 17.7 Å². The molecule has 2 aromatic rings. The van der Waals surface area contributed by atoms with Gasteiger partial charge in [0.05, 0.1) is 11.6 Å². The minimum atomic E-state index is -0.177. The van der Waals surface area contributed by atoms with Crippen LogP contribution in [0.15, 0.2) is 48.5 Å². The van der Waals surface area contributed by atoms with E-state index in [4.69, 9.17) is 5.26 Å². The Labute approximate surface area is 154 Å². The number of halogens is 1. The van der Waals surface area contributed by atoms with Crippen LogP contribution in [0.2, 0.25) is 0 Å². The van der Waals surface area contributed by atoms with E-state index >= 15 is 0 Å². The summed E-state index contributed by atoms with van der Waals surface area (Å²) < 4.78 is 13.1. The second-order valence-corrected chi connectivity index (χ2v) is 7.16. The SMILES string of the molecule is N#Cc1ccc(CN2CC(N3CCN(c4ccc(F)cc4)CC3)C2)cc1. The Kier molecular flexibility index (Phi) is 4.87. The van der Waals surface area contributed by atoms with Gasteiger partial charge in [-0.3, -0.25) is 9.80 Å². The van der Waals surface area contributed by atoms with Crippen molar-refractivity contribution in [2.24, 2.45) is 0 Å². The van der Waals surface area contributed by atoms with E-state index in [-0.39, 0.29) is 5.82 Å². The van der Waals surface area contributed by atoms with Crippen LogP contribution in [0, 0.1) is 17.1 Å². The molecule has 0 aliphatic carbocycles. The molecule has 2 aliphatic rings. The Bertz CT molecular complexity index is 767. The minimum absolute atomic E-state index is 0.177. The maximum Gasteiger partial charge on any atom is 0.123 e. The predicted molar refractivity (Wildman–Crippen MR) is 100 cm³/mol. The number of nitriles is 1. The molecule has 0 unspecified atom stereocenters. The van der Waals surface area contributed by atoms with E-state index in [0.717, 1.165) is 51.5 Å². The molecule has 134 valence electrons. The molecule has 0 bridgehead atoms. The highest BCUT2D eigenvalue weighted by Gasteiger charge is 2.33. The molecule has 0 spiro atoms. The number of nitrogens with zero attached hydrogens (tertiary/aromatic N) is 4. The number of rotatable bonds is 4. The van der Waals surface area contributed by atoms with E-state index in [9.17, 15) is 4.39 Å². The lowest BCUT2D eigenvalue weighted by molar-refractivity contribution is 0.0256. The molecule has 4 rings (SSSR count). The van der Waals surface area contributed by atoms with E-state index in [0.29, 0.717) is 11.6 Å². The lowest BCUT2D eigenvalue weighted by atomic mass is 10.0. The highest BCUT2D eigenvalue weighted by molar-refractivity contribution is 5.46. The van der Waals surface area contributed by atoms with Gasteiger partial charge in [-0.25, -0.2) is 4.39 Å². The molecule has 0 atom stereocenters. The Morgan fingerprint density at radius 1 is 0.923 bits per heavy atom. The molecule has 2 fully saturated rings. The Hall–Kier alpha value is -2.42. The minimum Gasteiger partial charge on any atom is -0.369 e. The van der Waals surface area contributed by atoms with Gasteiger partial charge in [-0.1, -0.05) is 12.1 Å². The van der Waals surface area contributed by atoms with Crippen molar-refractivity contribution in [3.05, 3.63) is 65.5 Å². The third-order valence-corrected chi connectivity index (χ3v) is 5.45. The van der Waals surface area contributed by atoms with Gasteiger partial charge in [0.25, 0.3) is 0 Å². The number of anilines is 1. The summed E-state index contributed by atoms with van der Waals surface area (Å²) in [7, 11) is 0. The van der Waals surface area contributed by atoms with E-state index < -0.39 is 0 Å². The van der Waals surface area contributed by atoms with Crippen molar-refractivity contribution in [1.82, 2.24) is 9.80 Å². The zero-order chi connectivity index (χ0) is 17.9. The average Bonchev–Trinajstić information content (AvgIpc) is 2.66. The van der Waals surface area contributed by atoms with Crippen molar-refractivity contribution in [2.75, 3.05) is 44.2 Å². The molecule has 26 heavy (non-hydrogen) atoms. The molecule has 0 saturated carbocycles. The molecular weight excluding hydrogens is 327 g/mol. The van der Waals surface area contributed by atoms with Crippen molar-refractivity contribution < 1.29 is 4.39 Å². The van der Waals surface area contributed by atoms with Crippen LogP contribution in [0.3, 0.4) is 0 Å². The first-order chi connectivity index (χ1) is 12.7. The van der Waals surface area contributed by atoms with Crippen LogP contribution in [-0.2, 0) is 6.54 Å². The zero-order valence-corrected chi connectivity index (χ0v) is 14.8. The Morgan fingerprint density at radius 3 is 2.19 bits per heavy atom. The fourth-order valence-electron chi connectivity index (χ4n) is 3.84. The van der Waals surface area contributed by atoms with Crippen LogP contribution >= 0.6 is 0 Å². The second-order valence-electron chi connectivity index (χ2n) is 7.16. The average molecular weight is 350 g/mol. The predicted octanol–water partition coefficient (Wildman–Crippen LogP) is 2.70. The lowest BCUT2D eigenvalue weighted by Gasteiger charge is -2.48. The Balaban J connectivity index is 1.23. The van der Waals surface area contributed by atoms with Gasteiger partial charge in [0.1, 0.15) is 5.82 Å². The molecule has 2 aromatic carbocycles. The molecule has 4 nitrogen and oxygen atoms in total. The smallest absolute Gasteiger partial charge is 0.123 e. The number of likely N-dealkylation sites (tertiary alicyclic amines) is 1. The Morgan fingerprint density at radius 2 is 1.58 bits per heavy atom. The van der Waals surface area contributed by atoms with Gasteiger partial charge in [-0.2, -0.15) is 5.26 Å². The van der Waals surface area contributed by atoms with Crippen LogP contribution in [0.5, 0.6) is 0 Å². The van der Waals surface area contributed by atoms with Crippen LogP contribution < -0.4 is 4.90 Å². The van der Waals surface area contributed by atoms with E-state index in [2.05, 4.69) is 20.8 Å². The quantitative estimate of drug-likeness (QED) is 0.849. The molecule has 2 saturated heterocycles. The monoisotopic (exact) mass is 350 g/mol. The van der Waals surface area contributed by atoms with E-state index in [1.54, 1.807) is 0 Å². The van der Waals surface area contributed by atoms with Crippen LogP contribution in [0.4, 0.5) is 10.1 Å². The molecule has 0 radical (unpaired) electrons. The maximum atomic E-state index is 13.1. The highest BCUT2D eigenvalue weighted by atomic mass is 19.1. The molecule has 5 heteroatoms. The highest BCUT2D eigenvalue weighted by Crippen LogP contribution is 2.22. The fraction of sp³-hybridized carbons (Fsp3) is 0.381. The third kappa shape index (κ3) is 3.72. The van der Waals surface area contributed by atoms with Crippen molar-refractivity contribution in [3.8, 4) is 6.07 Å². The van der Waals surface area contributed by atoms with Gasteiger partial charge in [-0.15, -0.1) is 0 Å². The van der Waals surface area contributed by atoms with Gasteiger partial charge >= 0.3 is 0 Å². The summed E-state index contributed by atoms with van der Waals surface area (Å²) in [5.41, 5.74) is 3.10. The summed E-state index contributed by atoms with van der Waals surface area (Å²) in [5.74, 6) is -0.177. The first-order valence-corrected chi connectivity index (χ1v) is 9.17. The standard InChI is InChI=1S/C21H23FN4/c22-19-5-7-20(8-6-19)25-9-11-26(12-10-25)21-15-24(16-21)14-18-3-1-17(13-23)2-4-18/h1-8,21H,9-12,14-16H2. The summed E-state index contributed by atoms with van der Waals surface area (Å²) in [6.45, 7) is 7.29. The fourth-order valence-corrected chi connectivity index (χ4v) is 3.84. The van der Waals surface area contributed by atoms with Gasteiger partial charge in [0.2, 0.25) is 0 Å². The topological polar surface area (TPSA) is 33.5 Å². The molecule has 2 aliphatic heterocycles.